The van der Waals surface area contributed by atoms with Gasteiger partial charge in [0.25, 0.3) is 0 Å². The Bertz CT molecular complexity index is 914. The van der Waals surface area contributed by atoms with E-state index in [2.05, 4.69) is 10.3 Å². The van der Waals surface area contributed by atoms with Crippen molar-refractivity contribution >= 4 is 35.9 Å². The summed E-state index contributed by atoms with van der Waals surface area (Å²) in [6.07, 6.45) is 2.81. The zero-order valence-corrected chi connectivity index (χ0v) is 18.8. The molecule has 2 aliphatic rings. The standard InChI is InChI=1S/C21H28N4O7/c1-6-31-16(26)14(12-22)15-23-9-7-13(24-15)11-21(18(28)30-5)8-10-25(17(21)27)19(29)32-20(2,3)4/h7,9,12,22-23H,6,8,10-11H2,1-5H3/b15-14-,22-12?. The second-order valence-corrected chi connectivity index (χ2v) is 8.15. The molecule has 1 fully saturated rings. The number of carbonyl (C=O) groups excluding carboxylic acids is 4. The van der Waals surface area contributed by atoms with E-state index in [1.54, 1.807) is 27.7 Å². The van der Waals surface area contributed by atoms with E-state index in [0.29, 0.717) is 0 Å². The number of rotatable bonds is 6. The lowest BCUT2D eigenvalue weighted by atomic mass is 9.80. The molecule has 0 radical (unpaired) electrons. The Morgan fingerprint density at radius 1 is 1.34 bits per heavy atom. The number of methoxy groups -OCH3 is 1. The van der Waals surface area contributed by atoms with Crippen LogP contribution in [0, 0.1) is 10.8 Å². The molecule has 2 rings (SSSR count). The fourth-order valence-corrected chi connectivity index (χ4v) is 3.29. The van der Waals surface area contributed by atoms with E-state index in [-0.39, 0.29) is 43.1 Å². The number of hydrogen-bond donors (Lipinski definition) is 2. The van der Waals surface area contributed by atoms with Gasteiger partial charge in [-0.15, -0.1) is 0 Å². The highest BCUT2D eigenvalue weighted by Crippen LogP contribution is 2.38. The first-order valence-corrected chi connectivity index (χ1v) is 10.0. The number of hydrogen-bond acceptors (Lipinski definition) is 10. The molecule has 0 aromatic carbocycles. The Hall–Kier alpha value is -3.50. The molecule has 32 heavy (non-hydrogen) atoms. The molecule has 0 aliphatic carbocycles. The number of aliphatic imine (C=N–C) groups is 1. The van der Waals surface area contributed by atoms with Crippen LogP contribution in [0.5, 0.6) is 0 Å². The number of imide groups is 1. The Balaban J connectivity index is 2.38. The molecule has 2 N–H and O–H groups in total. The average molecular weight is 448 g/mol. The zero-order chi connectivity index (χ0) is 24.1. The van der Waals surface area contributed by atoms with Crippen LogP contribution in [0.3, 0.4) is 0 Å². The number of nitrogens with one attached hydrogen (secondary N) is 2. The highest BCUT2D eigenvalue weighted by atomic mass is 16.6. The number of nitrogens with zero attached hydrogens (tertiary/aromatic N) is 2. The summed E-state index contributed by atoms with van der Waals surface area (Å²) in [7, 11) is 1.16. The van der Waals surface area contributed by atoms with Crippen molar-refractivity contribution in [2.24, 2.45) is 10.4 Å². The molecule has 0 spiro atoms. The minimum Gasteiger partial charge on any atom is -0.468 e. The van der Waals surface area contributed by atoms with Crippen molar-refractivity contribution in [3.63, 3.8) is 0 Å². The van der Waals surface area contributed by atoms with E-state index in [4.69, 9.17) is 19.6 Å². The van der Waals surface area contributed by atoms with Crippen LogP contribution >= 0.6 is 0 Å². The van der Waals surface area contributed by atoms with Gasteiger partial charge in [-0.25, -0.2) is 19.5 Å². The molecule has 1 unspecified atom stereocenters. The van der Waals surface area contributed by atoms with Crippen LogP contribution in [0.15, 0.2) is 28.7 Å². The molecule has 11 nitrogen and oxygen atoms in total. The van der Waals surface area contributed by atoms with Crippen molar-refractivity contribution < 1.29 is 33.4 Å². The van der Waals surface area contributed by atoms with Crippen LogP contribution in [0.2, 0.25) is 0 Å². The Kier molecular flexibility index (Phi) is 7.55. The fraction of sp³-hybridized carbons (Fsp3) is 0.524. The molecule has 1 saturated heterocycles. The first-order chi connectivity index (χ1) is 15.0. The molecule has 2 heterocycles. The van der Waals surface area contributed by atoms with Gasteiger partial charge in [-0.05, 0) is 40.2 Å². The molecule has 174 valence electrons. The average Bonchev–Trinajstić information content (AvgIpc) is 3.04. The van der Waals surface area contributed by atoms with Crippen LogP contribution in [0.4, 0.5) is 4.79 Å². The summed E-state index contributed by atoms with van der Waals surface area (Å²) in [4.78, 5) is 55.6. The van der Waals surface area contributed by atoms with Gasteiger partial charge in [-0.3, -0.25) is 9.59 Å². The maximum Gasteiger partial charge on any atom is 0.417 e. The van der Waals surface area contributed by atoms with Crippen molar-refractivity contribution in [1.82, 2.24) is 10.2 Å². The highest BCUT2D eigenvalue weighted by Gasteiger charge is 2.56. The van der Waals surface area contributed by atoms with Crippen molar-refractivity contribution in [3.8, 4) is 0 Å². The van der Waals surface area contributed by atoms with Crippen molar-refractivity contribution in [3.05, 3.63) is 23.7 Å². The van der Waals surface area contributed by atoms with E-state index in [0.717, 1.165) is 18.2 Å². The second-order valence-electron chi connectivity index (χ2n) is 8.15. The smallest absolute Gasteiger partial charge is 0.417 e. The summed E-state index contributed by atoms with van der Waals surface area (Å²) in [5.41, 5.74) is -2.32. The normalized spacial score (nSPS) is 22.0. The van der Waals surface area contributed by atoms with Crippen LogP contribution in [-0.4, -0.2) is 66.6 Å². The molecule has 0 aromatic rings. The van der Waals surface area contributed by atoms with Gasteiger partial charge >= 0.3 is 18.0 Å². The summed E-state index contributed by atoms with van der Waals surface area (Å²) in [5.74, 6) is -2.23. The predicted octanol–water partition coefficient (Wildman–Crippen LogP) is 1.69. The fourth-order valence-electron chi connectivity index (χ4n) is 3.29. The van der Waals surface area contributed by atoms with Crippen LogP contribution in [-0.2, 0) is 28.6 Å². The highest BCUT2D eigenvalue weighted by molar-refractivity contribution is 6.14. The topological polar surface area (TPSA) is 147 Å². The van der Waals surface area contributed by atoms with Crippen molar-refractivity contribution in [1.29, 1.82) is 5.41 Å². The third-order valence-corrected chi connectivity index (χ3v) is 4.74. The predicted molar refractivity (Wildman–Crippen MR) is 114 cm³/mol. The maximum atomic E-state index is 13.2. The largest absolute Gasteiger partial charge is 0.468 e. The molecular weight excluding hydrogens is 420 g/mol. The number of carbonyl (C=O) groups is 4. The van der Waals surface area contributed by atoms with Crippen molar-refractivity contribution in [2.75, 3.05) is 20.3 Å². The lowest BCUT2D eigenvalue weighted by molar-refractivity contribution is -0.158. The van der Waals surface area contributed by atoms with E-state index in [1.165, 1.54) is 12.3 Å². The summed E-state index contributed by atoms with van der Waals surface area (Å²) in [6.45, 7) is 6.75. The summed E-state index contributed by atoms with van der Waals surface area (Å²) < 4.78 is 15.1. The van der Waals surface area contributed by atoms with E-state index in [9.17, 15) is 19.2 Å². The molecular formula is C21H28N4O7. The minimum absolute atomic E-state index is 0.0185. The zero-order valence-electron chi connectivity index (χ0n) is 18.8. The van der Waals surface area contributed by atoms with Gasteiger partial charge in [0, 0.05) is 31.1 Å². The Labute approximate surface area is 186 Å². The molecule has 1 atom stereocenters. The molecule has 2 amide bonds. The van der Waals surface area contributed by atoms with Crippen LogP contribution < -0.4 is 5.32 Å². The number of allylic oxidation sites excluding steroid dienone is 1. The van der Waals surface area contributed by atoms with Crippen molar-refractivity contribution in [2.45, 2.75) is 46.1 Å². The second kappa shape index (κ2) is 9.75. The number of likely N-dealkylation sites (tertiary alicyclic amines) is 1. The first kappa shape index (κ1) is 24.8. The van der Waals surface area contributed by atoms with Crippen LogP contribution in [0.25, 0.3) is 0 Å². The van der Waals surface area contributed by atoms with Gasteiger partial charge in [0.15, 0.2) is 5.41 Å². The molecule has 11 heteroatoms. The Morgan fingerprint density at radius 3 is 2.59 bits per heavy atom. The van der Waals surface area contributed by atoms with Crippen LogP contribution in [0.1, 0.15) is 40.5 Å². The minimum atomic E-state index is -1.67. The van der Waals surface area contributed by atoms with E-state index in [1.807, 2.05) is 0 Å². The molecule has 0 saturated carbocycles. The molecule has 2 aliphatic heterocycles. The lowest BCUT2D eigenvalue weighted by Crippen LogP contribution is -2.46. The SMILES string of the molecule is CCOC(=O)/C(C=N)=C1\N=C(CC2(C(=O)OC)CCN(C(=O)OC(C)(C)C)C2=O)C=CN1. The van der Waals surface area contributed by atoms with E-state index >= 15 is 0 Å². The van der Waals surface area contributed by atoms with Gasteiger partial charge in [0.1, 0.15) is 17.0 Å². The number of esters is 2. The van der Waals surface area contributed by atoms with Gasteiger partial charge in [-0.1, -0.05) is 0 Å². The molecule has 0 aromatic heterocycles. The van der Waals surface area contributed by atoms with Gasteiger partial charge in [0.2, 0.25) is 5.91 Å². The summed E-state index contributed by atoms with van der Waals surface area (Å²) in [6, 6.07) is 0. The monoisotopic (exact) mass is 448 g/mol. The Morgan fingerprint density at radius 2 is 2.03 bits per heavy atom. The summed E-state index contributed by atoms with van der Waals surface area (Å²) in [5, 5.41) is 10.3. The summed E-state index contributed by atoms with van der Waals surface area (Å²) >= 11 is 0. The third-order valence-electron chi connectivity index (χ3n) is 4.74. The van der Waals surface area contributed by atoms with Gasteiger partial charge in [-0.2, -0.15) is 0 Å². The maximum absolute atomic E-state index is 13.2. The third kappa shape index (κ3) is 5.21. The number of ether oxygens (including phenoxy) is 3. The quantitative estimate of drug-likeness (QED) is 0.205. The molecule has 0 bridgehead atoms. The van der Waals surface area contributed by atoms with Gasteiger partial charge < -0.3 is 24.9 Å². The van der Waals surface area contributed by atoms with Gasteiger partial charge in [0.05, 0.1) is 13.7 Å². The lowest BCUT2D eigenvalue weighted by Gasteiger charge is -2.27. The first-order valence-electron chi connectivity index (χ1n) is 10.0. The number of amides is 2. The van der Waals surface area contributed by atoms with E-state index < -0.39 is 35.0 Å².